The van der Waals surface area contributed by atoms with Gasteiger partial charge in [0, 0.05) is 19.1 Å². The molecule has 0 N–H and O–H groups in total. The van der Waals surface area contributed by atoms with Crippen molar-refractivity contribution < 1.29 is 14.3 Å². The zero-order valence-corrected chi connectivity index (χ0v) is 8.55. The molecule has 6 heteroatoms. The first-order valence-corrected chi connectivity index (χ1v) is 4.86. The van der Waals surface area contributed by atoms with E-state index in [0.717, 1.165) is 26.2 Å². The maximum absolute atomic E-state index is 11.1. The molecule has 0 aromatic carbocycles. The van der Waals surface area contributed by atoms with Crippen LogP contribution in [0.4, 0.5) is 0 Å². The Bertz CT molecular complexity index is 344. The second-order valence-electron chi connectivity index (χ2n) is 3.55. The molecule has 1 aromatic rings. The van der Waals surface area contributed by atoms with E-state index in [0.29, 0.717) is 5.92 Å². The van der Waals surface area contributed by atoms with Crippen molar-refractivity contribution in [1.82, 2.24) is 15.0 Å². The molecule has 2 rings (SSSR count). The molecule has 0 saturated carbocycles. The largest absolute Gasteiger partial charge is 0.464 e. The lowest BCUT2D eigenvalue weighted by atomic mass is 10.1. The standard InChI is InChI=1S/C9H13N3O3/c1-14-9(13)8-5-12(11-10-8)4-7-2-3-15-6-7/h5,7H,2-4,6H2,1H3/t7-/m0/s1. The van der Waals surface area contributed by atoms with E-state index in [2.05, 4.69) is 15.0 Å². The van der Waals surface area contributed by atoms with E-state index >= 15 is 0 Å². The van der Waals surface area contributed by atoms with Crippen molar-refractivity contribution in [3.8, 4) is 0 Å². The summed E-state index contributed by atoms with van der Waals surface area (Å²) in [6, 6.07) is 0. The van der Waals surface area contributed by atoms with Gasteiger partial charge >= 0.3 is 5.97 Å². The van der Waals surface area contributed by atoms with E-state index in [1.54, 1.807) is 10.9 Å². The van der Waals surface area contributed by atoms with Crippen LogP contribution >= 0.6 is 0 Å². The highest BCUT2D eigenvalue weighted by molar-refractivity contribution is 5.86. The number of nitrogens with zero attached hydrogens (tertiary/aromatic N) is 3. The van der Waals surface area contributed by atoms with E-state index in [9.17, 15) is 4.79 Å². The van der Waals surface area contributed by atoms with Crippen molar-refractivity contribution in [2.24, 2.45) is 5.92 Å². The van der Waals surface area contributed by atoms with Crippen LogP contribution in [0, 0.1) is 5.92 Å². The third kappa shape index (κ3) is 2.33. The van der Waals surface area contributed by atoms with Gasteiger partial charge in [-0.1, -0.05) is 5.21 Å². The molecule has 0 unspecified atom stereocenters. The van der Waals surface area contributed by atoms with Crippen LogP contribution in [0.15, 0.2) is 6.20 Å². The summed E-state index contributed by atoms with van der Waals surface area (Å²) in [5.41, 5.74) is 0.247. The van der Waals surface area contributed by atoms with Gasteiger partial charge in [0.2, 0.25) is 0 Å². The van der Waals surface area contributed by atoms with Crippen molar-refractivity contribution in [2.45, 2.75) is 13.0 Å². The Kier molecular flexibility index (Phi) is 2.96. The minimum absolute atomic E-state index is 0.247. The summed E-state index contributed by atoms with van der Waals surface area (Å²) in [6.45, 7) is 2.31. The molecule has 82 valence electrons. The summed E-state index contributed by atoms with van der Waals surface area (Å²) in [7, 11) is 1.33. The van der Waals surface area contributed by atoms with Crippen molar-refractivity contribution >= 4 is 5.97 Å². The van der Waals surface area contributed by atoms with Crippen LogP contribution in [0.25, 0.3) is 0 Å². The Morgan fingerprint density at radius 3 is 3.33 bits per heavy atom. The molecule has 1 atom stereocenters. The van der Waals surface area contributed by atoms with E-state index in [1.165, 1.54) is 7.11 Å². The number of ether oxygens (including phenoxy) is 2. The van der Waals surface area contributed by atoms with Crippen LogP contribution < -0.4 is 0 Å². The maximum Gasteiger partial charge on any atom is 0.360 e. The Labute approximate surface area is 87.2 Å². The number of rotatable bonds is 3. The van der Waals surface area contributed by atoms with Crippen LogP contribution in [0.1, 0.15) is 16.9 Å². The van der Waals surface area contributed by atoms with Gasteiger partial charge in [0.25, 0.3) is 0 Å². The highest BCUT2D eigenvalue weighted by atomic mass is 16.5. The smallest absolute Gasteiger partial charge is 0.360 e. The molecule has 0 spiro atoms. The van der Waals surface area contributed by atoms with Crippen molar-refractivity contribution in [3.05, 3.63) is 11.9 Å². The van der Waals surface area contributed by atoms with E-state index in [-0.39, 0.29) is 5.69 Å². The van der Waals surface area contributed by atoms with Crippen molar-refractivity contribution in [2.75, 3.05) is 20.3 Å². The maximum atomic E-state index is 11.1. The number of hydrogen-bond acceptors (Lipinski definition) is 5. The Hall–Kier alpha value is -1.43. The summed E-state index contributed by atoms with van der Waals surface area (Å²) in [5.74, 6) is 0.0149. The molecule has 1 saturated heterocycles. The molecule has 6 nitrogen and oxygen atoms in total. The summed E-state index contributed by atoms with van der Waals surface area (Å²) in [4.78, 5) is 11.1. The Morgan fingerprint density at radius 2 is 2.67 bits per heavy atom. The average molecular weight is 211 g/mol. The molecule has 0 aliphatic carbocycles. The minimum Gasteiger partial charge on any atom is -0.464 e. The average Bonchev–Trinajstić information content (AvgIpc) is 2.88. The first-order valence-electron chi connectivity index (χ1n) is 4.86. The normalized spacial score (nSPS) is 20.5. The predicted octanol–water partition coefficient (Wildman–Crippen LogP) is 0.101. The number of carbonyl (C=O) groups excluding carboxylic acids is 1. The Balaban J connectivity index is 1.97. The fourth-order valence-corrected chi connectivity index (χ4v) is 1.58. The van der Waals surface area contributed by atoms with Gasteiger partial charge in [0.05, 0.1) is 19.9 Å². The first-order chi connectivity index (χ1) is 7.29. The van der Waals surface area contributed by atoms with Gasteiger partial charge in [-0.2, -0.15) is 0 Å². The summed E-state index contributed by atoms with van der Waals surface area (Å²) < 4.78 is 11.5. The molecule has 0 bridgehead atoms. The molecule has 15 heavy (non-hydrogen) atoms. The lowest BCUT2D eigenvalue weighted by molar-refractivity contribution is 0.0594. The number of methoxy groups -OCH3 is 1. The van der Waals surface area contributed by atoms with E-state index < -0.39 is 5.97 Å². The molecule has 1 aliphatic rings. The van der Waals surface area contributed by atoms with Crippen LogP contribution in [-0.2, 0) is 16.0 Å². The molecule has 1 fully saturated rings. The lowest BCUT2D eigenvalue weighted by Gasteiger charge is -2.05. The highest BCUT2D eigenvalue weighted by Crippen LogP contribution is 2.14. The summed E-state index contributed by atoms with van der Waals surface area (Å²) >= 11 is 0. The monoisotopic (exact) mass is 211 g/mol. The van der Waals surface area contributed by atoms with Gasteiger partial charge < -0.3 is 9.47 Å². The second-order valence-corrected chi connectivity index (χ2v) is 3.55. The van der Waals surface area contributed by atoms with Gasteiger partial charge in [-0.15, -0.1) is 5.10 Å². The Morgan fingerprint density at radius 1 is 1.80 bits per heavy atom. The van der Waals surface area contributed by atoms with Gasteiger partial charge in [0.1, 0.15) is 0 Å². The third-order valence-electron chi connectivity index (χ3n) is 2.40. The number of carbonyl (C=O) groups is 1. The molecular formula is C9H13N3O3. The second kappa shape index (κ2) is 4.39. The van der Waals surface area contributed by atoms with Crippen molar-refractivity contribution in [1.29, 1.82) is 0 Å². The van der Waals surface area contributed by atoms with E-state index in [1.807, 2.05) is 0 Å². The lowest BCUT2D eigenvalue weighted by Crippen LogP contribution is -2.11. The third-order valence-corrected chi connectivity index (χ3v) is 2.40. The molecule has 0 amide bonds. The fourth-order valence-electron chi connectivity index (χ4n) is 1.58. The van der Waals surface area contributed by atoms with Gasteiger partial charge in [-0.05, 0) is 6.42 Å². The quantitative estimate of drug-likeness (QED) is 0.663. The number of hydrogen-bond donors (Lipinski definition) is 0. The number of aromatic nitrogens is 3. The minimum atomic E-state index is -0.455. The zero-order valence-electron chi connectivity index (χ0n) is 8.55. The predicted molar refractivity (Wildman–Crippen MR) is 50.3 cm³/mol. The molecule has 1 aromatic heterocycles. The van der Waals surface area contributed by atoms with Crippen LogP contribution in [-0.4, -0.2) is 41.3 Å². The summed E-state index contributed by atoms with van der Waals surface area (Å²) in [6.07, 6.45) is 2.64. The van der Waals surface area contributed by atoms with Gasteiger partial charge in [-0.25, -0.2) is 4.79 Å². The topological polar surface area (TPSA) is 66.2 Å². The van der Waals surface area contributed by atoms with Gasteiger partial charge in [-0.3, -0.25) is 4.68 Å². The SMILES string of the molecule is COC(=O)c1cn(C[C@@H]2CCOC2)nn1. The zero-order chi connectivity index (χ0) is 10.7. The van der Waals surface area contributed by atoms with Crippen LogP contribution in [0.3, 0.4) is 0 Å². The first kappa shape index (κ1) is 10.1. The number of esters is 1. The highest BCUT2D eigenvalue weighted by Gasteiger charge is 2.18. The van der Waals surface area contributed by atoms with Crippen LogP contribution in [0.5, 0.6) is 0 Å². The van der Waals surface area contributed by atoms with Gasteiger partial charge in [0.15, 0.2) is 5.69 Å². The van der Waals surface area contributed by atoms with E-state index in [4.69, 9.17) is 4.74 Å². The van der Waals surface area contributed by atoms with Crippen molar-refractivity contribution in [3.63, 3.8) is 0 Å². The summed E-state index contributed by atoms with van der Waals surface area (Å²) in [5, 5.41) is 7.59. The molecular weight excluding hydrogens is 198 g/mol. The molecule has 2 heterocycles. The van der Waals surface area contributed by atoms with Crippen LogP contribution in [0.2, 0.25) is 0 Å². The molecule has 1 aliphatic heterocycles. The fraction of sp³-hybridized carbons (Fsp3) is 0.667. The molecule has 0 radical (unpaired) electrons.